The summed E-state index contributed by atoms with van der Waals surface area (Å²) in [5.41, 5.74) is 0.771. The highest BCUT2D eigenvalue weighted by Crippen LogP contribution is 2.23. The van der Waals surface area contributed by atoms with Crippen LogP contribution in [0.5, 0.6) is 0 Å². The van der Waals surface area contributed by atoms with Gasteiger partial charge in [-0.3, -0.25) is 4.79 Å². The highest BCUT2D eigenvalue weighted by Gasteiger charge is 2.28. The number of carbonyl (C=O) groups excluding carboxylic acids is 1. The molecule has 7 nitrogen and oxygen atoms in total. The second-order valence-electron chi connectivity index (χ2n) is 4.80. The molecule has 2 aromatic rings. The number of carbonyl (C=O) groups is 1. The first-order valence-electron chi connectivity index (χ1n) is 6.82. The average Bonchev–Trinajstić information content (AvgIpc) is 2.90. The lowest BCUT2D eigenvalue weighted by molar-refractivity contribution is -0.122. The minimum absolute atomic E-state index is 0.0246. The van der Waals surface area contributed by atoms with E-state index in [2.05, 4.69) is 20.6 Å². The Morgan fingerprint density at radius 3 is 3.20 bits per heavy atom. The normalized spacial score (nSPS) is 19.2. The predicted molar refractivity (Wildman–Crippen MR) is 77.0 cm³/mol. The third kappa shape index (κ3) is 2.04. The Hall–Kier alpha value is -2.31. The van der Waals surface area contributed by atoms with Crippen molar-refractivity contribution in [1.82, 2.24) is 19.7 Å². The Kier molecular flexibility index (Phi) is 3.17. The number of rotatable bonds is 3. The van der Waals surface area contributed by atoms with Crippen molar-refractivity contribution in [2.24, 2.45) is 0 Å². The van der Waals surface area contributed by atoms with E-state index in [1.165, 1.54) is 0 Å². The van der Waals surface area contributed by atoms with Gasteiger partial charge in [-0.25, -0.2) is 9.97 Å². The summed E-state index contributed by atoms with van der Waals surface area (Å²) in [5.74, 6) is 1.55. The molecule has 1 saturated heterocycles. The van der Waals surface area contributed by atoms with Gasteiger partial charge in [-0.05, 0) is 13.8 Å². The molecule has 0 saturated carbocycles. The van der Waals surface area contributed by atoms with Crippen LogP contribution < -0.4 is 15.5 Å². The summed E-state index contributed by atoms with van der Waals surface area (Å²) >= 11 is 0. The molecule has 1 fully saturated rings. The summed E-state index contributed by atoms with van der Waals surface area (Å²) in [4.78, 5) is 22.8. The van der Waals surface area contributed by atoms with Crippen molar-refractivity contribution in [2.75, 3.05) is 29.9 Å². The first kappa shape index (κ1) is 12.7. The molecular weight excluding hydrogens is 256 g/mol. The summed E-state index contributed by atoms with van der Waals surface area (Å²) in [5, 5.41) is 6.07. The zero-order valence-corrected chi connectivity index (χ0v) is 11.6. The Balaban J connectivity index is 2.08. The molecule has 1 atom stereocenters. The van der Waals surface area contributed by atoms with Crippen LogP contribution in [-0.2, 0) is 4.79 Å². The third-order valence-electron chi connectivity index (χ3n) is 3.49. The van der Waals surface area contributed by atoms with Crippen molar-refractivity contribution in [1.29, 1.82) is 0 Å². The van der Waals surface area contributed by atoms with E-state index in [0.29, 0.717) is 6.54 Å². The largest absolute Gasteiger partial charge is 0.369 e. The van der Waals surface area contributed by atoms with Crippen molar-refractivity contribution in [3.63, 3.8) is 0 Å². The fraction of sp³-hybridized carbons (Fsp3) is 0.462. The van der Waals surface area contributed by atoms with E-state index in [1.807, 2.05) is 35.5 Å². The highest BCUT2D eigenvalue weighted by molar-refractivity contribution is 5.87. The van der Waals surface area contributed by atoms with Gasteiger partial charge in [-0.15, -0.1) is 0 Å². The van der Waals surface area contributed by atoms with E-state index in [0.717, 1.165) is 30.4 Å². The Morgan fingerprint density at radius 1 is 1.55 bits per heavy atom. The molecule has 1 aliphatic rings. The van der Waals surface area contributed by atoms with Crippen molar-refractivity contribution in [3.8, 4) is 0 Å². The highest BCUT2D eigenvalue weighted by atomic mass is 16.2. The predicted octanol–water partition coefficient (Wildman–Crippen LogP) is 0.486. The molecule has 1 unspecified atom stereocenters. The van der Waals surface area contributed by atoms with Crippen LogP contribution in [0.2, 0.25) is 0 Å². The fourth-order valence-electron chi connectivity index (χ4n) is 2.45. The quantitative estimate of drug-likeness (QED) is 0.852. The fourth-order valence-corrected chi connectivity index (χ4v) is 2.45. The lowest BCUT2D eigenvalue weighted by Crippen LogP contribution is -2.54. The van der Waals surface area contributed by atoms with E-state index in [-0.39, 0.29) is 11.9 Å². The molecule has 2 aromatic heterocycles. The SMILES string of the molecule is CCNc1cn2ccnc2c(N2CCNC(=O)C2C)n1. The number of fused-ring (bicyclic) bond motifs is 1. The molecule has 0 aliphatic carbocycles. The second kappa shape index (κ2) is 4.99. The molecule has 0 radical (unpaired) electrons. The van der Waals surface area contributed by atoms with Crippen LogP contribution in [0.25, 0.3) is 5.65 Å². The number of amides is 1. The van der Waals surface area contributed by atoms with Gasteiger partial charge in [0.2, 0.25) is 5.91 Å². The maximum Gasteiger partial charge on any atom is 0.242 e. The smallest absolute Gasteiger partial charge is 0.242 e. The molecule has 0 aromatic carbocycles. The summed E-state index contributed by atoms with van der Waals surface area (Å²) in [7, 11) is 0. The van der Waals surface area contributed by atoms with Gasteiger partial charge in [0.15, 0.2) is 11.5 Å². The van der Waals surface area contributed by atoms with Crippen molar-refractivity contribution >= 4 is 23.2 Å². The number of imidazole rings is 1. The lowest BCUT2D eigenvalue weighted by atomic mass is 10.2. The van der Waals surface area contributed by atoms with E-state index in [4.69, 9.17) is 0 Å². The number of nitrogens with one attached hydrogen (secondary N) is 2. The van der Waals surface area contributed by atoms with Crippen molar-refractivity contribution in [3.05, 3.63) is 18.6 Å². The molecule has 0 spiro atoms. The molecule has 20 heavy (non-hydrogen) atoms. The number of hydrogen-bond acceptors (Lipinski definition) is 5. The number of aromatic nitrogens is 3. The van der Waals surface area contributed by atoms with Gasteiger partial charge in [-0.2, -0.15) is 0 Å². The first-order chi connectivity index (χ1) is 9.70. The lowest BCUT2D eigenvalue weighted by Gasteiger charge is -2.33. The number of piperazine rings is 1. The average molecular weight is 274 g/mol. The van der Waals surface area contributed by atoms with Gasteiger partial charge >= 0.3 is 0 Å². The molecular formula is C13H18N6O. The van der Waals surface area contributed by atoms with Crippen molar-refractivity contribution in [2.45, 2.75) is 19.9 Å². The number of anilines is 2. The zero-order chi connectivity index (χ0) is 14.1. The van der Waals surface area contributed by atoms with Gasteiger partial charge in [0.1, 0.15) is 11.9 Å². The summed E-state index contributed by atoms with van der Waals surface area (Å²) in [6.07, 6.45) is 5.53. The van der Waals surface area contributed by atoms with Crippen LogP contribution in [0.1, 0.15) is 13.8 Å². The molecule has 3 heterocycles. The standard InChI is InChI=1S/C13H18N6O/c1-3-14-10-8-18-6-4-15-11(18)12(17-10)19-7-5-16-13(20)9(19)2/h4,6,8-9,14H,3,5,7H2,1-2H3,(H,16,20). The maximum absolute atomic E-state index is 11.8. The summed E-state index contributed by atoms with van der Waals surface area (Å²) in [6, 6.07) is -0.242. The van der Waals surface area contributed by atoms with E-state index < -0.39 is 0 Å². The monoisotopic (exact) mass is 274 g/mol. The molecule has 3 rings (SSSR count). The van der Waals surface area contributed by atoms with Crippen LogP contribution in [0.3, 0.4) is 0 Å². The Labute approximate surface area is 117 Å². The Bertz CT molecular complexity index is 637. The third-order valence-corrected chi connectivity index (χ3v) is 3.49. The molecule has 1 amide bonds. The molecule has 7 heteroatoms. The van der Waals surface area contributed by atoms with Crippen molar-refractivity contribution < 1.29 is 4.79 Å². The molecule has 106 valence electrons. The van der Waals surface area contributed by atoms with Gasteiger partial charge in [-0.1, -0.05) is 0 Å². The zero-order valence-electron chi connectivity index (χ0n) is 11.6. The first-order valence-corrected chi connectivity index (χ1v) is 6.82. The maximum atomic E-state index is 11.8. The number of hydrogen-bond donors (Lipinski definition) is 2. The molecule has 0 bridgehead atoms. The topological polar surface area (TPSA) is 74.6 Å². The van der Waals surface area contributed by atoms with E-state index in [1.54, 1.807) is 6.20 Å². The molecule has 1 aliphatic heterocycles. The van der Waals surface area contributed by atoms with Gasteiger partial charge in [0.05, 0.1) is 6.20 Å². The minimum Gasteiger partial charge on any atom is -0.369 e. The van der Waals surface area contributed by atoms with Crippen LogP contribution in [0.15, 0.2) is 18.6 Å². The van der Waals surface area contributed by atoms with E-state index >= 15 is 0 Å². The van der Waals surface area contributed by atoms with Gasteiger partial charge in [0, 0.05) is 32.0 Å². The van der Waals surface area contributed by atoms with Gasteiger partial charge < -0.3 is 19.9 Å². The number of nitrogens with zero attached hydrogens (tertiary/aromatic N) is 4. The molecule has 2 N–H and O–H groups in total. The minimum atomic E-state index is -0.242. The van der Waals surface area contributed by atoms with E-state index in [9.17, 15) is 4.79 Å². The second-order valence-corrected chi connectivity index (χ2v) is 4.80. The Morgan fingerprint density at radius 2 is 2.40 bits per heavy atom. The van der Waals surface area contributed by atoms with Crippen LogP contribution >= 0.6 is 0 Å². The van der Waals surface area contributed by atoms with Crippen LogP contribution in [-0.4, -0.2) is 46.0 Å². The van der Waals surface area contributed by atoms with Crippen LogP contribution in [0.4, 0.5) is 11.6 Å². The van der Waals surface area contributed by atoms with Gasteiger partial charge in [0.25, 0.3) is 0 Å². The summed E-state index contributed by atoms with van der Waals surface area (Å²) < 4.78 is 1.93. The summed E-state index contributed by atoms with van der Waals surface area (Å²) in [6.45, 7) is 6.07. The van der Waals surface area contributed by atoms with Crippen LogP contribution in [0, 0.1) is 0 Å².